The molecule has 1 aromatic heterocycles. The molecule has 1 saturated heterocycles. The molecule has 0 aliphatic carbocycles. The predicted molar refractivity (Wildman–Crippen MR) is 133 cm³/mol. The number of rotatable bonds is 6. The highest BCUT2D eigenvalue weighted by molar-refractivity contribution is 6.10. The normalized spacial score (nSPS) is 16.6. The number of pyridine rings is 1. The molecule has 1 amide bonds. The third-order valence-corrected chi connectivity index (χ3v) is 6.21. The van der Waals surface area contributed by atoms with E-state index in [2.05, 4.69) is 10.3 Å². The smallest absolute Gasteiger partial charge is 0.353 e. The van der Waals surface area contributed by atoms with E-state index in [0.29, 0.717) is 29.1 Å². The number of hydrogen-bond acceptors (Lipinski definition) is 6. The van der Waals surface area contributed by atoms with Gasteiger partial charge in [0.05, 0.1) is 6.04 Å². The van der Waals surface area contributed by atoms with Crippen LogP contribution in [0.1, 0.15) is 35.7 Å². The second-order valence-electron chi connectivity index (χ2n) is 8.50. The van der Waals surface area contributed by atoms with Crippen LogP contribution in [0.5, 0.6) is 0 Å². The molecule has 34 heavy (non-hydrogen) atoms. The van der Waals surface area contributed by atoms with Crippen LogP contribution < -0.4 is 16.1 Å². The molecule has 2 heterocycles. The summed E-state index contributed by atoms with van der Waals surface area (Å²) >= 11 is 0. The van der Waals surface area contributed by atoms with E-state index < -0.39 is 5.97 Å². The van der Waals surface area contributed by atoms with Crippen molar-refractivity contribution in [1.29, 1.82) is 0 Å². The summed E-state index contributed by atoms with van der Waals surface area (Å²) in [6.45, 7) is 3.33. The van der Waals surface area contributed by atoms with Gasteiger partial charge >= 0.3 is 5.97 Å². The maximum atomic E-state index is 13.8. The standard InChI is InChI=1S/C26H29N5O3/c1-17(23(26(33)34)30(2)27)18-9-11-20(12-10-18)25(32)31(21-7-5-14-28-16-21)24-22-8-4-3-6-19(22)13-15-29-24/h3-4,6,8-13,15,21,28H,5,7,14,16,27H2,1-2H3,(H,33,34). The molecular weight excluding hydrogens is 430 g/mol. The molecule has 0 bridgehead atoms. The number of carboxylic acid groups (broad SMARTS) is 1. The van der Waals surface area contributed by atoms with Crippen molar-refractivity contribution in [2.75, 3.05) is 25.0 Å². The Hall–Kier alpha value is -3.75. The van der Waals surface area contributed by atoms with Crippen LogP contribution in [-0.4, -0.2) is 53.2 Å². The summed E-state index contributed by atoms with van der Waals surface area (Å²) in [7, 11) is 1.48. The third kappa shape index (κ3) is 4.64. The van der Waals surface area contributed by atoms with Gasteiger partial charge in [-0.1, -0.05) is 36.4 Å². The van der Waals surface area contributed by atoms with Crippen LogP contribution in [0.4, 0.5) is 5.82 Å². The number of nitrogens with zero attached hydrogens (tertiary/aromatic N) is 3. The Morgan fingerprint density at radius 1 is 1.09 bits per heavy atom. The highest BCUT2D eigenvalue weighted by Crippen LogP contribution is 2.29. The average molecular weight is 460 g/mol. The van der Waals surface area contributed by atoms with Crippen molar-refractivity contribution in [3.8, 4) is 0 Å². The SMILES string of the molecule is CC(=C(C(=O)O)N(C)N)c1ccc(C(=O)N(c2nccc3ccccc23)C2CCCNC2)cc1. The first kappa shape index (κ1) is 23.4. The minimum atomic E-state index is -1.11. The number of carbonyl (C=O) groups excluding carboxylic acids is 1. The number of aromatic nitrogens is 1. The Morgan fingerprint density at radius 3 is 2.44 bits per heavy atom. The van der Waals surface area contributed by atoms with Gasteiger partial charge < -0.3 is 15.4 Å². The number of likely N-dealkylation sites (N-methyl/N-ethyl adjacent to an activating group) is 1. The van der Waals surface area contributed by atoms with E-state index in [-0.39, 0.29) is 17.6 Å². The van der Waals surface area contributed by atoms with Crippen LogP contribution in [0.2, 0.25) is 0 Å². The van der Waals surface area contributed by atoms with Gasteiger partial charge in [0.15, 0.2) is 0 Å². The van der Waals surface area contributed by atoms with E-state index in [1.807, 2.05) is 35.2 Å². The molecule has 1 aliphatic heterocycles. The van der Waals surface area contributed by atoms with Crippen LogP contribution >= 0.6 is 0 Å². The Bertz CT molecular complexity index is 1230. The second-order valence-corrected chi connectivity index (χ2v) is 8.50. The number of allylic oxidation sites excluding steroid dienone is 1. The summed E-state index contributed by atoms with van der Waals surface area (Å²) in [4.78, 5) is 31.9. The molecule has 8 nitrogen and oxygen atoms in total. The zero-order valence-electron chi connectivity index (χ0n) is 19.4. The number of nitrogens with two attached hydrogens (primary N) is 1. The molecule has 4 N–H and O–H groups in total. The summed E-state index contributed by atoms with van der Waals surface area (Å²) in [5, 5.41) is 15.9. The number of amides is 1. The predicted octanol–water partition coefficient (Wildman–Crippen LogP) is 3.25. The van der Waals surface area contributed by atoms with Gasteiger partial charge in [0.1, 0.15) is 11.5 Å². The van der Waals surface area contributed by atoms with E-state index in [1.165, 1.54) is 7.05 Å². The lowest BCUT2D eigenvalue weighted by Crippen LogP contribution is -2.49. The van der Waals surface area contributed by atoms with E-state index in [1.54, 1.807) is 37.4 Å². The molecule has 4 rings (SSSR count). The number of hydrazine groups is 1. The van der Waals surface area contributed by atoms with E-state index in [9.17, 15) is 14.7 Å². The minimum absolute atomic E-state index is 0.00561. The first-order valence-corrected chi connectivity index (χ1v) is 11.3. The van der Waals surface area contributed by atoms with Crippen molar-refractivity contribution in [2.45, 2.75) is 25.8 Å². The first-order chi connectivity index (χ1) is 16.4. The summed E-state index contributed by atoms with van der Waals surface area (Å²) < 4.78 is 0. The Kier molecular flexibility index (Phi) is 6.90. The van der Waals surface area contributed by atoms with Gasteiger partial charge in [0, 0.05) is 30.7 Å². The zero-order valence-corrected chi connectivity index (χ0v) is 19.4. The fraction of sp³-hybridized carbons (Fsp3) is 0.269. The molecule has 2 aromatic carbocycles. The van der Waals surface area contributed by atoms with Crippen molar-refractivity contribution in [3.05, 3.63) is 77.6 Å². The Labute approximate surface area is 198 Å². The largest absolute Gasteiger partial charge is 0.477 e. The summed E-state index contributed by atoms with van der Waals surface area (Å²) in [6.07, 6.45) is 3.60. The van der Waals surface area contributed by atoms with E-state index in [0.717, 1.165) is 35.2 Å². The molecular formula is C26H29N5O3. The molecule has 1 fully saturated rings. The summed E-state index contributed by atoms with van der Waals surface area (Å²) in [5.74, 6) is 5.11. The van der Waals surface area contributed by atoms with Crippen LogP contribution in [0.3, 0.4) is 0 Å². The number of anilines is 1. The fourth-order valence-electron chi connectivity index (χ4n) is 4.50. The lowest BCUT2D eigenvalue weighted by Gasteiger charge is -2.34. The highest BCUT2D eigenvalue weighted by Gasteiger charge is 2.30. The molecule has 176 valence electrons. The monoisotopic (exact) mass is 459 g/mol. The number of hydrogen-bond donors (Lipinski definition) is 3. The van der Waals surface area contributed by atoms with Crippen molar-refractivity contribution < 1.29 is 14.7 Å². The van der Waals surface area contributed by atoms with Gasteiger partial charge in [-0.25, -0.2) is 15.6 Å². The maximum absolute atomic E-state index is 13.8. The van der Waals surface area contributed by atoms with Gasteiger partial charge in [-0.05, 0) is 61.0 Å². The second kappa shape index (κ2) is 10.0. The molecule has 1 unspecified atom stereocenters. The number of aliphatic carboxylic acids is 1. The number of carbonyl (C=O) groups is 2. The number of benzene rings is 2. The molecule has 0 radical (unpaired) electrons. The van der Waals surface area contributed by atoms with Gasteiger partial charge in [-0.15, -0.1) is 0 Å². The molecule has 1 aliphatic rings. The van der Waals surface area contributed by atoms with Gasteiger partial charge in [0.2, 0.25) is 0 Å². The van der Waals surface area contributed by atoms with Crippen molar-refractivity contribution in [2.24, 2.45) is 5.84 Å². The van der Waals surface area contributed by atoms with Gasteiger partial charge in [-0.3, -0.25) is 9.69 Å². The van der Waals surface area contributed by atoms with Crippen molar-refractivity contribution in [1.82, 2.24) is 15.3 Å². The number of fused-ring (bicyclic) bond motifs is 1. The maximum Gasteiger partial charge on any atom is 0.353 e. The summed E-state index contributed by atoms with van der Waals surface area (Å²) in [5.41, 5.74) is 1.70. The topological polar surface area (TPSA) is 112 Å². The van der Waals surface area contributed by atoms with E-state index >= 15 is 0 Å². The molecule has 0 spiro atoms. The molecule has 0 saturated carbocycles. The number of piperidine rings is 1. The quantitative estimate of drug-likeness (QED) is 0.295. The number of carboxylic acids is 1. The molecule has 8 heteroatoms. The first-order valence-electron chi connectivity index (χ1n) is 11.3. The Balaban J connectivity index is 1.74. The lowest BCUT2D eigenvalue weighted by molar-refractivity contribution is -0.134. The van der Waals surface area contributed by atoms with Crippen LogP contribution in [0.25, 0.3) is 16.3 Å². The average Bonchev–Trinajstić information content (AvgIpc) is 2.84. The van der Waals surface area contributed by atoms with Crippen molar-refractivity contribution >= 4 is 34.0 Å². The summed E-state index contributed by atoms with van der Waals surface area (Å²) in [6, 6.07) is 16.8. The van der Waals surface area contributed by atoms with Crippen LogP contribution in [0, 0.1) is 0 Å². The minimum Gasteiger partial charge on any atom is -0.477 e. The van der Waals surface area contributed by atoms with Crippen molar-refractivity contribution in [3.63, 3.8) is 0 Å². The Morgan fingerprint density at radius 2 is 1.79 bits per heavy atom. The molecule has 1 atom stereocenters. The lowest BCUT2D eigenvalue weighted by atomic mass is 10.0. The fourth-order valence-corrected chi connectivity index (χ4v) is 4.50. The van der Waals surface area contributed by atoms with Crippen LogP contribution in [-0.2, 0) is 4.79 Å². The molecule has 3 aromatic rings. The highest BCUT2D eigenvalue weighted by atomic mass is 16.4. The zero-order chi connectivity index (χ0) is 24.2. The van der Waals surface area contributed by atoms with Gasteiger partial charge in [-0.2, -0.15) is 0 Å². The van der Waals surface area contributed by atoms with E-state index in [4.69, 9.17) is 5.84 Å². The number of nitrogens with one attached hydrogen (secondary N) is 1. The van der Waals surface area contributed by atoms with Gasteiger partial charge in [0.25, 0.3) is 5.91 Å². The van der Waals surface area contributed by atoms with Crippen LogP contribution in [0.15, 0.2) is 66.5 Å². The third-order valence-electron chi connectivity index (χ3n) is 6.21.